The normalized spacial score (nSPS) is 15.5. The second kappa shape index (κ2) is 13.2. The lowest BCUT2D eigenvalue weighted by Crippen LogP contribution is -1.98. The Balaban J connectivity index is 4.01. The highest BCUT2D eigenvalue weighted by Gasteiger charge is 2.06. The van der Waals surface area contributed by atoms with E-state index in [9.17, 15) is 0 Å². The summed E-state index contributed by atoms with van der Waals surface area (Å²) in [5, 5.41) is 0. The van der Waals surface area contributed by atoms with E-state index < -0.39 is 0 Å². The maximum atomic E-state index is 3.84. The van der Waals surface area contributed by atoms with Gasteiger partial charge in [-0.2, -0.15) is 0 Å². The lowest BCUT2D eigenvalue weighted by Gasteiger charge is -2.14. The maximum Gasteiger partial charge on any atom is -0.0236 e. The van der Waals surface area contributed by atoms with Crippen molar-refractivity contribution >= 4 is 0 Å². The first-order valence-corrected chi connectivity index (χ1v) is 8.59. The second-order valence-corrected chi connectivity index (χ2v) is 6.06. The Kier molecular flexibility index (Phi) is 12.7. The van der Waals surface area contributed by atoms with Crippen molar-refractivity contribution < 1.29 is 0 Å². The van der Waals surface area contributed by atoms with E-state index in [2.05, 4.69) is 52.5 Å². The molecule has 0 aliphatic heterocycles. The molecule has 0 aromatic rings. The van der Waals surface area contributed by atoms with Crippen LogP contribution in [0.2, 0.25) is 0 Å². The summed E-state index contributed by atoms with van der Waals surface area (Å²) in [6.07, 6.45) is 19.3. The molecule has 0 radical (unpaired) electrons. The fourth-order valence-electron chi connectivity index (χ4n) is 2.66. The van der Waals surface area contributed by atoms with Gasteiger partial charge < -0.3 is 0 Å². The van der Waals surface area contributed by atoms with E-state index in [4.69, 9.17) is 0 Å². The zero-order valence-corrected chi connectivity index (χ0v) is 14.3. The van der Waals surface area contributed by atoms with Gasteiger partial charge in [0.25, 0.3) is 0 Å². The van der Waals surface area contributed by atoms with E-state index in [1.54, 1.807) is 5.57 Å². The molecule has 0 heterocycles. The Bertz CT molecular complexity index is 282. The first-order chi connectivity index (χ1) is 9.67. The predicted molar refractivity (Wildman–Crippen MR) is 94.0 cm³/mol. The fraction of sp³-hybridized carbons (Fsp3) is 0.700. The van der Waals surface area contributed by atoms with Crippen molar-refractivity contribution in [1.29, 1.82) is 0 Å². The lowest BCUT2D eigenvalue weighted by molar-refractivity contribution is 0.522. The van der Waals surface area contributed by atoms with Gasteiger partial charge in [-0.3, -0.25) is 0 Å². The summed E-state index contributed by atoms with van der Waals surface area (Å²) >= 11 is 0. The molecule has 0 rings (SSSR count). The molecular formula is C20H36. The van der Waals surface area contributed by atoms with Crippen LogP contribution in [0.4, 0.5) is 0 Å². The van der Waals surface area contributed by atoms with Crippen LogP contribution in [0.15, 0.2) is 36.5 Å². The summed E-state index contributed by atoms with van der Waals surface area (Å²) in [5.41, 5.74) is 1.63. The van der Waals surface area contributed by atoms with Crippen LogP contribution < -0.4 is 0 Å². The first kappa shape index (κ1) is 19.2. The third-order valence-electron chi connectivity index (χ3n) is 4.05. The standard InChI is InChI=1S/C20H36/c1-6-10-11-14-19(8-3)15-12-16-20(9-4)17-18(5)13-7-2/h7,9,11,14,18-19H,2,6,8,10,12-13,15-17H2,1,3-5H3. The summed E-state index contributed by atoms with van der Waals surface area (Å²) in [7, 11) is 0. The average molecular weight is 277 g/mol. The van der Waals surface area contributed by atoms with Gasteiger partial charge in [-0.1, -0.05) is 57.1 Å². The minimum absolute atomic E-state index is 0.741. The van der Waals surface area contributed by atoms with Crippen LogP contribution in [-0.4, -0.2) is 0 Å². The molecule has 0 aliphatic carbocycles. The van der Waals surface area contributed by atoms with Gasteiger partial charge in [0, 0.05) is 0 Å². The van der Waals surface area contributed by atoms with Crippen LogP contribution in [0.3, 0.4) is 0 Å². The van der Waals surface area contributed by atoms with Crippen LogP contribution in [0.1, 0.15) is 79.1 Å². The molecule has 0 bridgehead atoms. The molecule has 2 atom stereocenters. The Morgan fingerprint density at radius 3 is 2.55 bits per heavy atom. The van der Waals surface area contributed by atoms with Gasteiger partial charge in [0.15, 0.2) is 0 Å². The first-order valence-electron chi connectivity index (χ1n) is 8.59. The highest BCUT2D eigenvalue weighted by molar-refractivity contribution is 5.02. The molecule has 0 aromatic carbocycles. The molecule has 0 nitrogen and oxygen atoms in total. The number of rotatable bonds is 12. The van der Waals surface area contributed by atoms with Gasteiger partial charge in [-0.15, -0.1) is 6.58 Å². The highest BCUT2D eigenvalue weighted by Crippen LogP contribution is 2.22. The quantitative estimate of drug-likeness (QED) is 0.334. The molecule has 116 valence electrons. The highest BCUT2D eigenvalue weighted by atomic mass is 14.1. The third kappa shape index (κ3) is 10.1. The Labute approximate surface area is 128 Å². The Hall–Kier alpha value is -0.780. The van der Waals surface area contributed by atoms with Gasteiger partial charge in [-0.05, 0) is 63.7 Å². The van der Waals surface area contributed by atoms with Crippen LogP contribution in [0.25, 0.3) is 0 Å². The minimum atomic E-state index is 0.741. The van der Waals surface area contributed by atoms with Crippen molar-refractivity contribution in [1.82, 2.24) is 0 Å². The van der Waals surface area contributed by atoms with Crippen molar-refractivity contribution in [3.63, 3.8) is 0 Å². The van der Waals surface area contributed by atoms with Gasteiger partial charge >= 0.3 is 0 Å². The molecule has 0 saturated heterocycles. The van der Waals surface area contributed by atoms with Crippen molar-refractivity contribution in [3.05, 3.63) is 36.5 Å². The van der Waals surface area contributed by atoms with E-state index in [1.165, 1.54) is 44.9 Å². The number of allylic oxidation sites excluding steroid dienone is 5. The molecule has 0 aliphatic rings. The molecule has 0 aromatic heterocycles. The fourth-order valence-corrected chi connectivity index (χ4v) is 2.66. The maximum absolute atomic E-state index is 3.84. The molecule has 0 spiro atoms. The lowest BCUT2D eigenvalue weighted by atomic mass is 9.92. The predicted octanol–water partition coefficient (Wildman–Crippen LogP) is 7.09. The van der Waals surface area contributed by atoms with Crippen LogP contribution in [0, 0.1) is 11.8 Å². The average Bonchev–Trinajstić information content (AvgIpc) is 2.44. The SMILES string of the molecule is C=CCC(C)CC(=CC)CCCC(C=CCCC)CC. The smallest absolute Gasteiger partial charge is 0.0236 e. The van der Waals surface area contributed by atoms with Gasteiger partial charge in [-0.25, -0.2) is 0 Å². The van der Waals surface area contributed by atoms with Gasteiger partial charge in [0.05, 0.1) is 0 Å². The molecule has 0 fully saturated rings. The summed E-state index contributed by atoms with van der Waals surface area (Å²) in [4.78, 5) is 0. The molecule has 20 heavy (non-hydrogen) atoms. The van der Waals surface area contributed by atoms with Crippen LogP contribution in [-0.2, 0) is 0 Å². The molecular weight excluding hydrogens is 240 g/mol. The summed E-state index contributed by atoms with van der Waals surface area (Å²) < 4.78 is 0. The van der Waals surface area contributed by atoms with E-state index in [1.807, 2.05) is 6.08 Å². The summed E-state index contributed by atoms with van der Waals surface area (Å²) in [6, 6.07) is 0. The molecule has 0 heteroatoms. The van der Waals surface area contributed by atoms with Crippen LogP contribution >= 0.6 is 0 Å². The van der Waals surface area contributed by atoms with E-state index >= 15 is 0 Å². The monoisotopic (exact) mass is 276 g/mol. The van der Waals surface area contributed by atoms with Crippen molar-refractivity contribution in [3.8, 4) is 0 Å². The van der Waals surface area contributed by atoms with Crippen molar-refractivity contribution in [2.45, 2.75) is 79.1 Å². The molecule has 0 saturated carbocycles. The zero-order valence-electron chi connectivity index (χ0n) is 14.3. The van der Waals surface area contributed by atoms with E-state index in [0.29, 0.717) is 0 Å². The van der Waals surface area contributed by atoms with Crippen molar-refractivity contribution in [2.24, 2.45) is 11.8 Å². The Morgan fingerprint density at radius 2 is 2.00 bits per heavy atom. The number of hydrogen-bond acceptors (Lipinski definition) is 0. The largest absolute Gasteiger partial charge is 0.103 e. The zero-order chi connectivity index (χ0) is 15.2. The summed E-state index contributed by atoms with van der Waals surface area (Å²) in [6.45, 7) is 12.9. The molecule has 2 unspecified atom stereocenters. The van der Waals surface area contributed by atoms with Gasteiger partial charge in [0.1, 0.15) is 0 Å². The van der Waals surface area contributed by atoms with E-state index in [0.717, 1.165) is 18.3 Å². The minimum Gasteiger partial charge on any atom is -0.103 e. The number of hydrogen-bond donors (Lipinski definition) is 0. The molecule has 0 N–H and O–H groups in total. The number of unbranched alkanes of at least 4 members (excludes halogenated alkanes) is 1. The summed E-state index contributed by atoms with van der Waals surface area (Å²) in [5.74, 6) is 1.52. The van der Waals surface area contributed by atoms with Crippen molar-refractivity contribution in [2.75, 3.05) is 0 Å². The third-order valence-corrected chi connectivity index (χ3v) is 4.05. The molecule has 0 amide bonds. The van der Waals surface area contributed by atoms with Crippen LogP contribution in [0.5, 0.6) is 0 Å². The van der Waals surface area contributed by atoms with Gasteiger partial charge in [0.2, 0.25) is 0 Å². The second-order valence-electron chi connectivity index (χ2n) is 6.06. The van der Waals surface area contributed by atoms with E-state index in [-0.39, 0.29) is 0 Å². The Morgan fingerprint density at radius 1 is 1.25 bits per heavy atom. The topological polar surface area (TPSA) is 0 Å².